The molecule has 0 unspecified atom stereocenters. The van der Waals surface area contributed by atoms with Gasteiger partial charge in [-0.05, 0) is 0 Å². The summed E-state index contributed by atoms with van der Waals surface area (Å²) in [6.07, 6.45) is 1.66. The standard InChI is InChI=1S/C6H12N4.C3H4Cl2/c1-7-2-9-4-8(1)5-10(3-7)6-9;4-2-1-3-5/h1-6H2;1-2H,3H2. The zero-order valence-corrected chi connectivity index (χ0v) is 10.2. The smallest absolute Gasteiger partial charge is 0.0555 e. The first kappa shape index (κ1) is 11.6. The molecule has 0 saturated carbocycles. The first-order chi connectivity index (χ1) is 7.31. The molecule has 4 saturated heterocycles. The van der Waals surface area contributed by atoms with Crippen LogP contribution in [0.25, 0.3) is 0 Å². The van der Waals surface area contributed by atoms with Gasteiger partial charge in [0, 0.05) is 11.4 Å². The maximum atomic E-state index is 5.13. The van der Waals surface area contributed by atoms with Crippen LogP contribution in [0.3, 0.4) is 0 Å². The second kappa shape index (κ2) is 5.48. The van der Waals surface area contributed by atoms with Crippen molar-refractivity contribution >= 4 is 23.2 Å². The highest BCUT2D eigenvalue weighted by Crippen LogP contribution is 2.20. The largest absolute Gasteiger partial charge is 0.264 e. The van der Waals surface area contributed by atoms with Gasteiger partial charge in [-0.2, -0.15) is 0 Å². The molecule has 4 fully saturated rings. The Labute approximate surface area is 101 Å². The molecule has 4 rings (SSSR count). The molecule has 0 radical (unpaired) electrons. The number of nitrogens with zero attached hydrogens (tertiary/aromatic N) is 4. The van der Waals surface area contributed by atoms with Crippen molar-refractivity contribution in [3.63, 3.8) is 0 Å². The fourth-order valence-corrected chi connectivity index (χ4v) is 2.54. The minimum atomic E-state index is 0.503. The van der Waals surface area contributed by atoms with Gasteiger partial charge in [0.15, 0.2) is 0 Å². The predicted octanol–water partition coefficient (Wildman–Crippen LogP) is 0.958. The van der Waals surface area contributed by atoms with E-state index in [-0.39, 0.29) is 0 Å². The molecule has 0 aliphatic carbocycles. The van der Waals surface area contributed by atoms with Gasteiger partial charge in [0.1, 0.15) is 0 Å². The topological polar surface area (TPSA) is 13.0 Å². The first-order valence-electron chi connectivity index (χ1n) is 5.02. The molecule has 0 aromatic carbocycles. The highest BCUT2D eigenvalue weighted by Gasteiger charge is 2.36. The summed E-state index contributed by atoms with van der Waals surface area (Å²) in [5, 5.41) is 0. The lowest BCUT2D eigenvalue weighted by Gasteiger charge is -2.56. The summed E-state index contributed by atoms with van der Waals surface area (Å²) in [6, 6.07) is 0. The number of hydrogen-bond acceptors (Lipinski definition) is 4. The molecule has 15 heavy (non-hydrogen) atoms. The van der Waals surface area contributed by atoms with Crippen molar-refractivity contribution in [2.24, 2.45) is 0 Å². The van der Waals surface area contributed by atoms with Gasteiger partial charge < -0.3 is 0 Å². The normalized spacial score (nSPS) is 41.7. The van der Waals surface area contributed by atoms with Crippen LogP contribution in [0.5, 0.6) is 0 Å². The Morgan fingerprint density at radius 2 is 1.13 bits per heavy atom. The molecule has 4 nitrogen and oxygen atoms in total. The van der Waals surface area contributed by atoms with Gasteiger partial charge >= 0.3 is 0 Å². The third-order valence-electron chi connectivity index (χ3n) is 2.58. The van der Waals surface area contributed by atoms with Crippen LogP contribution in [0.2, 0.25) is 0 Å². The Balaban J connectivity index is 0.000000149. The van der Waals surface area contributed by atoms with Gasteiger partial charge in [-0.15, -0.1) is 11.6 Å². The second-order valence-electron chi connectivity index (χ2n) is 4.05. The van der Waals surface area contributed by atoms with Crippen LogP contribution in [0.15, 0.2) is 11.6 Å². The van der Waals surface area contributed by atoms with Gasteiger partial charge in [-0.3, -0.25) is 19.6 Å². The van der Waals surface area contributed by atoms with Crippen molar-refractivity contribution in [3.05, 3.63) is 11.6 Å². The van der Waals surface area contributed by atoms with Crippen LogP contribution < -0.4 is 0 Å². The lowest BCUT2D eigenvalue weighted by molar-refractivity contribution is -0.194. The van der Waals surface area contributed by atoms with Crippen LogP contribution in [-0.2, 0) is 0 Å². The van der Waals surface area contributed by atoms with E-state index in [1.54, 1.807) is 6.08 Å². The fraction of sp³-hybridized carbons (Fsp3) is 0.778. The molecule has 4 aliphatic heterocycles. The van der Waals surface area contributed by atoms with E-state index < -0.39 is 0 Å². The molecule has 4 bridgehead atoms. The number of rotatable bonds is 1. The number of allylic oxidation sites excluding steroid dienone is 1. The SMILES string of the molecule is C1N2CN3CN1CN(C2)C3.ClC=CCCl. The third-order valence-corrected chi connectivity index (χ3v) is 2.93. The van der Waals surface area contributed by atoms with E-state index in [1.165, 1.54) is 45.5 Å². The van der Waals surface area contributed by atoms with Crippen molar-refractivity contribution in [2.75, 3.05) is 45.9 Å². The van der Waals surface area contributed by atoms with Crippen molar-refractivity contribution in [1.29, 1.82) is 0 Å². The van der Waals surface area contributed by atoms with Gasteiger partial charge in [-0.1, -0.05) is 17.7 Å². The van der Waals surface area contributed by atoms with Gasteiger partial charge in [0.2, 0.25) is 0 Å². The van der Waals surface area contributed by atoms with Crippen LogP contribution in [0.4, 0.5) is 0 Å². The maximum absolute atomic E-state index is 5.13. The molecule has 86 valence electrons. The molecule has 0 atom stereocenters. The van der Waals surface area contributed by atoms with E-state index in [0.717, 1.165) is 0 Å². The van der Waals surface area contributed by atoms with E-state index in [1.807, 2.05) is 0 Å². The first-order valence-corrected chi connectivity index (χ1v) is 5.99. The quantitative estimate of drug-likeness (QED) is 0.643. The van der Waals surface area contributed by atoms with E-state index in [0.29, 0.717) is 5.88 Å². The van der Waals surface area contributed by atoms with E-state index in [9.17, 15) is 0 Å². The van der Waals surface area contributed by atoms with E-state index in [2.05, 4.69) is 19.6 Å². The molecule has 6 heteroatoms. The lowest BCUT2D eigenvalue weighted by atomic mass is 10.4. The Bertz CT molecular complexity index is 178. The number of halogens is 2. The lowest BCUT2D eigenvalue weighted by Crippen LogP contribution is -2.71. The Hall–Kier alpha value is 0.160. The molecule has 0 N–H and O–H groups in total. The molecule has 4 heterocycles. The Morgan fingerprint density at radius 1 is 0.800 bits per heavy atom. The van der Waals surface area contributed by atoms with Crippen LogP contribution in [0, 0.1) is 0 Å². The van der Waals surface area contributed by atoms with Gasteiger partial charge in [-0.25, -0.2) is 0 Å². The van der Waals surface area contributed by atoms with Crippen molar-refractivity contribution in [2.45, 2.75) is 0 Å². The summed E-state index contributed by atoms with van der Waals surface area (Å²) in [5.41, 5.74) is 1.40. The molecule has 0 spiro atoms. The van der Waals surface area contributed by atoms with E-state index >= 15 is 0 Å². The minimum Gasteiger partial charge on any atom is -0.264 e. The fourth-order valence-electron chi connectivity index (χ4n) is 2.27. The monoisotopic (exact) mass is 250 g/mol. The van der Waals surface area contributed by atoms with Crippen LogP contribution >= 0.6 is 23.2 Å². The Kier molecular flexibility index (Phi) is 4.25. The molecule has 0 amide bonds. The average Bonchev–Trinajstić information content (AvgIpc) is 2.17. The van der Waals surface area contributed by atoms with Gasteiger partial charge in [0.25, 0.3) is 0 Å². The summed E-state index contributed by atoms with van der Waals surface area (Å²) in [4.78, 5) is 9.88. The third kappa shape index (κ3) is 3.06. The molecule has 4 aliphatic rings. The second-order valence-corrected chi connectivity index (χ2v) is 4.61. The van der Waals surface area contributed by atoms with Crippen molar-refractivity contribution < 1.29 is 0 Å². The summed E-state index contributed by atoms with van der Waals surface area (Å²) in [5.74, 6) is 0.503. The van der Waals surface area contributed by atoms with E-state index in [4.69, 9.17) is 23.2 Å². The van der Waals surface area contributed by atoms with Gasteiger partial charge in [0.05, 0.1) is 40.0 Å². The molecule has 0 aromatic rings. The van der Waals surface area contributed by atoms with Crippen molar-refractivity contribution in [1.82, 2.24) is 19.6 Å². The summed E-state index contributed by atoms with van der Waals surface area (Å²) >= 11 is 10.2. The Morgan fingerprint density at radius 3 is 1.27 bits per heavy atom. The summed E-state index contributed by atoms with van der Waals surface area (Å²) in [7, 11) is 0. The highest BCUT2D eigenvalue weighted by molar-refractivity contribution is 6.26. The average molecular weight is 251 g/mol. The zero-order valence-electron chi connectivity index (χ0n) is 8.65. The van der Waals surface area contributed by atoms with Crippen molar-refractivity contribution in [3.8, 4) is 0 Å². The number of alkyl halides is 1. The maximum Gasteiger partial charge on any atom is 0.0555 e. The molecular formula is C9H16Cl2N4. The highest BCUT2D eigenvalue weighted by atomic mass is 35.5. The minimum absolute atomic E-state index is 0.503. The summed E-state index contributed by atoms with van der Waals surface area (Å²) < 4.78 is 0. The van der Waals surface area contributed by atoms with Crippen LogP contribution in [-0.4, -0.2) is 65.5 Å². The molecular weight excluding hydrogens is 235 g/mol. The number of hydrogen-bond donors (Lipinski definition) is 0. The zero-order chi connectivity index (χ0) is 10.7. The predicted molar refractivity (Wildman–Crippen MR) is 62.3 cm³/mol. The van der Waals surface area contributed by atoms with Crippen LogP contribution in [0.1, 0.15) is 0 Å². The molecule has 0 aromatic heterocycles. The summed E-state index contributed by atoms with van der Waals surface area (Å²) in [6.45, 7) is 7.12.